The minimum absolute atomic E-state index is 0.156. The van der Waals surface area contributed by atoms with Gasteiger partial charge in [-0.05, 0) is 61.4 Å². The Morgan fingerprint density at radius 2 is 1.91 bits per heavy atom. The molecule has 2 aliphatic rings. The van der Waals surface area contributed by atoms with Crippen LogP contribution >= 0.6 is 0 Å². The molecule has 1 aliphatic heterocycles. The number of fused-ring (bicyclic) bond motifs is 1. The maximum absolute atomic E-state index is 13.0. The molecule has 0 bridgehead atoms. The van der Waals surface area contributed by atoms with E-state index < -0.39 is 4.92 Å². The Bertz CT molecular complexity index is 1050. The van der Waals surface area contributed by atoms with Crippen LogP contribution in [0.1, 0.15) is 31.7 Å². The van der Waals surface area contributed by atoms with Gasteiger partial charge in [-0.25, -0.2) is 4.90 Å². The Morgan fingerprint density at radius 1 is 1.12 bits per heavy atom. The number of nitro groups is 1. The summed E-state index contributed by atoms with van der Waals surface area (Å²) < 4.78 is 5.22. The van der Waals surface area contributed by atoms with Crippen molar-refractivity contribution in [1.82, 2.24) is 0 Å². The lowest BCUT2D eigenvalue weighted by molar-refractivity contribution is -0.383. The van der Waals surface area contributed by atoms with Gasteiger partial charge >= 0.3 is 0 Å². The monoisotopic (exact) mass is 437 g/mol. The number of imide groups is 1. The number of nitrogens with one attached hydrogen (secondary N) is 1. The van der Waals surface area contributed by atoms with Crippen molar-refractivity contribution < 1.29 is 19.2 Å². The zero-order valence-corrected chi connectivity index (χ0v) is 18.2. The largest absolute Gasteiger partial charge is 0.497 e. The molecule has 0 aromatic heterocycles. The second-order valence-corrected chi connectivity index (χ2v) is 8.63. The summed E-state index contributed by atoms with van der Waals surface area (Å²) in [7, 11) is 1.60. The first-order valence-electron chi connectivity index (χ1n) is 10.9. The Kier molecular flexibility index (Phi) is 6.12. The van der Waals surface area contributed by atoms with Crippen LogP contribution in [0.15, 0.2) is 42.5 Å². The second kappa shape index (κ2) is 8.98. The maximum Gasteiger partial charge on any atom is 0.294 e. The van der Waals surface area contributed by atoms with E-state index in [1.807, 2.05) is 24.3 Å². The van der Waals surface area contributed by atoms with Gasteiger partial charge in [0.05, 0.1) is 29.6 Å². The van der Waals surface area contributed by atoms with Crippen LogP contribution in [0.25, 0.3) is 0 Å². The molecule has 0 unspecified atom stereocenters. The Labute approximate surface area is 186 Å². The summed E-state index contributed by atoms with van der Waals surface area (Å²) in [5, 5.41) is 14.8. The molecule has 168 valence electrons. The van der Waals surface area contributed by atoms with Gasteiger partial charge in [0.2, 0.25) is 11.8 Å². The van der Waals surface area contributed by atoms with Crippen LogP contribution in [-0.2, 0) is 16.0 Å². The van der Waals surface area contributed by atoms with Gasteiger partial charge in [0.15, 0.2) is 0 Å². The summed E-state index contributed by atoms with van der Waals surface area (Å²) in [5.41, 5.74) is 1.51. The number of carbonyl (C=O) groups is 2. The molecule has 1 heterocycles. The van der Waals surface area contributed by atoms with Gasteiger partial charge in [-0.1, -0.05) is 19.1 Å². The molecule has 32 heavy (non-hydrogen) atoms. The van der Waals surface area contributed by atoms with Crippen molar-refractivity contribution in [3.05, 3.63) is 58.1 Å². The number of hydrogen-bond donors (Lipinski definition) is 1. The molecule has 0 radical (unpaired) electrons. The first-order chi connectivity index (χ1) is 15.4. The number of carbonyl (C=O) groups excluding carboxylic acids is 2. The Hall–Kier alpha value is -3.42. The molecular formula is C24H27N3O5. The number of nitro benzene ring substituents is 1. The Morgan fingerprint density at radius 3 is 2.66 bits per heavy atom. The van der Waals surface area contributed by atoms with Crippen molar-refractivity contribution in [2.75, 3.05) is 23.9 Å². The molecule has 1 N–H and O–H groups in total. The number of nitrogens with zero attached hydrogens (tertiary/aromatic N) is 2. The molecule has 1 saturated carbocycles. The summed E-state index contributed by atoms with van der Waals surface area (Å²) in [6.07, 6.45) is 2.96. The highest BCUT2D eigenvalue weighted by Crippen LogP contribution is 2.43. The third-order valence-corrected chi connectivity index (χ3v) is 6.49. The molecule has 2 fully saturated rings. The van der Waals surface area contributed by atoms with Crippen LogP contribution in [0.3, 0.4) is 0 Å². The van der Waals surface area contributed by atoms with Crippen LogP contribution < -0.4 is 15.0 Å². The molecule has 4 rings (SSSR count). The van der Waals surface area contributed by atoms with Crippen molar-refractivity contribution in [1.29, 1.82) is 0 Å². The number of anilines is 2. The minimum Gasteiger partial charge on any atom is -0.497 e. The normalized spacial score (nSPS) is 22.6. The molecule has 2 amide bonds. The predicted octanol–water partition coefficient (Wildman–Crippen LogP) is 4.18. The highest BCUT2D eigenvalue weighted by atomic mass is 16.6. The highest BCUT2D eigenvalue weighted by molar-refractivity contribution is 6.22. The number of rotatable bonds is 7. The van der Waals surface area contributed by atoms with Crippen molar-refractivity contribution in [3.63, 3.8) is 0 Å². The van der Waals surface area contributed by atoms with Gasteiger partial charge in [0.25, 0.3) is 5.69 Å². The highest BCUT2D eigenvalue weighted by Gasteiger charge is 2.50. The van der Waals surface area contributed by atoms with Gasteiger partial charge < -0.3 is 10.1 Å². The summed E-state index contributed by atoms with van der Waals surface area (Å²) >= 11 is 0. The van der Waals surface area contributed by atoms with E-state index in [1.165, 1.54) is 6.07 Å². The molecular weight excluding hydrogens is 410 g/mol. The first kappa shape index (κ1) is 21.8. The number of ether oxygens (including phenoxy) is 1. The predicted molar refractivity (Wildman–Crippen MR) is 121 cm³/mol. The standard InChI is InChI=1S/C24H27N3O5/c1-15-6-8-19-20(12-15)24(29)26(23(19)28)17-7-9-21(22(14-17)27(30)31)25-11-10-16-4-3-5-18(13-16)32-2/h3-5,7,9,13-15,19-20,25H,6,8,10-12H2,1-2H3/t15-,19+,20+/m0/s1. The van der Waals surface area contributed by atoms with E-state index >= 15 is 0 Å². The summed E-state index contributed by atoms with van der Waals surface area (Å²) in [5.74, 6) is 0.0649. The fraction of sp³-hybridized carbons (Fsp3) is 0.417. The number of hydrogen-bond acceptors (Lipinski definition) is 6. The van der Waals surface area contributed by atoms with E-state index in [0.29, 0.717) is 37.4 Å². The number of methoxy groups -OCH3 is 1. The number of benzene rings is 2. The molecule has 2 aromatic rings. The zero-order valence-electron chi connectivity index (χ0n) is 18.2. The molecule has 8 heteroatoms. The fourth-order valence-electron chi connectivity index (χ4n) is 4.77. The van der Waals surface area contributed by atoms with E-state index in [4.69, 9.17) is 4.74 Å². The second-order valence-electron chi connectivity index (χ2n) is 8.63. The minimum atomic E-state index is -0.489. The van der Waals surface area contributed by atoms with E-state index in [1.54, 1.807) is 19.2 Å². The molecule has 1 saturated heterocycles. The molecule has 8 nitrogen and oxygen atoms in total. The third-order valence-electron chi connectivity index (χ3n) is 6.49. The van der Waals surface area contributed by atoms with Crippen LogP contribution in [-0.4, -0.2) is 30.4 Å². The van der Waals surface area contributed by atoms with Gasteiger partial charge in [0.1, 0.15) is 11.4 Å². The van der Waals surface area contributed by atoms with Crippen molar-refractivity contribution in [2.24, 2.45) is 17.8 Å². The van der Waals surface area contributed by atoms with Gasteiger partial charge in [-0.15, -0.1) is 0 Å². The topological polar surface area (TPSA) is 102 Å². The summed E-state index contributed by atoms with van der Waals surface area (Å²) in [6.45, 7) is 2.57. The smallest absolute Gasteiger partial charge is 0.294 e. The average molecular weight is 437 g/mol. The van der Waals surface area contributed by atoms with Crippen molar-refractivity contribution in [2.45, 2.75) is 32.6 Å². The zero-order chi connectivity index (χ0) is 22.8. The number of amides is 2. The third kappa shape index (κ3) is 4.17. The van der Waals surface area contributed by atoms with E-state index in [9.17, 15) is 19.7 Å². The molecule has 3 atom stereocenters. The first-order valence-corrected chi connectivity index (χ1v) is 10.9. The lowest BCUT2D eigenvalue weighted by Gasteiger charge is -2.25. The van der Waals surface area contributed by atoms with Crippen LogP contribution in [0, 0.1) is 27.9 Å². The van der Waals surface area contributed by atoms with Crippen LogP contribution in [0.5, 0.6) is 5.75 Å². The SMILES string of the molecule is COc1cccc(CCNc2ccc(N3C(=O)[C@@H]4CC[C@H](C)C[C@H]4C3=O)cc2[N+](=O)[O-])c1. The maximum atomic E-state index is 13.0. The summed E-state index contributed by atoms with van der Waals surface area (Å²) in [4.78, 5) is 38.3. The van der Waals surface area contributed by atoms with Crippen LogP contribution in [0.4, 0.5) is 17.1 Å². The fourth-order valence-corrected chi connectivity index (χ4v) is 4.77. The molecule has 0 spiro atoms. The van der Waals surface area contributed by atoms with Gasteiger partial charge in [-0.3, -0.25) is 19.7 Å². The molecule has 1 aliphatic carbocycles. The van der Waals surface area contributed by atoms with Crippen molar-refractivity contribution >= 4 is 28.9 Å². The average Bonchev–Trinajstić information content (AvgIpc) is 3.03. The van der Waals surface area contributed by atoms with Gasteiger partial charge in [0, 0.05) is 12.6 Å². The van der Waals surface area contributed by atoms with E-state index in [2.05, 4.69) is 12.2 Å². The van der Waals surface area contributed by atoms with Crippen molar-refractivity contribution in [3.8, 4) is 5.75 Å². The summed E-state index contributed by atoms with van der Waals surface area (Å²) in [6, 6.07) is 12.1. The van der Waals surface area contributed by atoms with Gasteiger partial charge in [-0.2, -0.15) is 0 Å². The lowest BCUT2D eigenvalue weighted by atomic mass is 9.76. The Balaban J connectivity index is 1.51. The van der Waals surface area contributed by atoms with E-state index in [0.717, 1.165) is 22.6 Å². The quantitative estimate of drug-likeness (QED) is 0.396. The lowest BCUT2D eigenvalue weighted by Crippen LogP contribution is -2.31. The molecule has 2 aromatic carbocycles. The van der Waals surface area contributed by atoms with Crippen LogP contribution in [0.2, 0.25) is 0 Å². The van der Waals surface area contributed by atoms with E-state index in [-0.39, 0.29) is 35.0 Å².